The number of amides is 1. The highest BCUT2D eigenvalue weighted by atomic mass is 32.1. The molecule has 0 aliphatic carbocycles. The van der Waals surface area contributed by atoms with E-state index in [0.29, 0.717) is 17.9 Å². The van der Waals surface area contributed by atoms with Crippen molar-refractivity contribution in [2.45, 2.75) is 20.3 Å². The minimum absolute atomic E-state index is 0.00692. The minimum atomic E-state index is -0.460. The first-order valence-electron chi connectivity index (χ1n) is 7.95. The number of aromatic nitrogens is 3. The summed E-state index contributed by atoms with van der Waals surface area (Å²) in [6, 6.07) is 7.58. The summed E-state index contributed by atoms with van der Waals surface area (Å²) in [5.74, 6) is -0.260. The number of nitro benzene ring substituents is 1. The van der Waals surface area contributed by atoms with Crippen LogP contribution >= 0.6 is 11.3 Å². The Morgan fingerprint density at radius 3 is 2.62 bits per heavy atom. The van der Waals surface area contributed by atoms with E-state index in [2.05, 4.69) is 15.4 Å². The number of carbonyl (C=O) groups is 1. The number of hydrogen-bond donors (Lipinski definition) is 1. The number of aryl methyl sites for hydroxylation is 2. The molecule has 0 spiro atoms. The lowest BCUT2D eigenvalue weighted by Crippen LogP contribution is -2.26. The van der Waals surface area contributed by atoms with Gasteiger partial charge in [-0.05, 0) is 32.0 Å². The smallest absolute Gasteiger partial charge is 0.271 e. The Balaban J connectivity index is 1.60. The number of nitrogens with one attached hydrogen (secondary N) is 1. The van der Waals surface area contributed by atoms with Gasteiger partial charge in [-0.15, -0.1) is 11.3 Å². The molecular formula is C17H17N5O3S. The van der Waals surface area contributed by atoms with Crippen molar-refractivity contribution >= 4 is 22.9 Å². The number of nitrogens with zero attached hydrogens (tertiary/aromatic N) is 4. The fraction of sp³-hybridized carbons (Fsp3) is 0.235. The van der Waals surface area contributed by atoms with Gasteiger partial charge in [0.05, 0.1) is 21.3 Å². The lowest BCUT2D eigenvalue weighted by molar-refractivity contribution is -0.384. The Morgan fingerprint density at radius 2 is 2.00 bits per heavy atom. The van der Waals surface area contributed by atoms with E-state index in [0.717, 1.165) is 17.1 Å². The van der Waals surface area contributed by atoms with E-state index in [1.165, 1.54) is 21.7 Å². The average molecular weight is 371 g/mol. The lowest BCUT2D eigenvalue weighted by Gasteiger charge is -2.03. The Bertz CT molecular complexity index is 946. The highest BCUT2D eigenvalue weighted by Crippen LogP contribution is 2.17. The van der Waals surface area contributed by atoms with E-state index >= 15 is 0 Å². The van der Waals surface area contributed by atoms with E-state index in [-0.39, 0.29) is 11.6 Å². The van der Waals surface area contributed by atoms with Gasteiger partial charge in [0.15, 0.2) is 5.69 Å². The van der Waals surface area contributed by atoms with Crippen LogP contribution in [0.15, 0.2) is 36.5 Å². The molecule has 0 radical (unpaired) electrons. The molecule has 0 atom stereocenters. The normalized spacial score (nSPS) is 10.7. The van der Waals surface area contributed by atoms with E-state index in [1.54, 1.807) is 35.7 Å². The molecule has 134 valence electrons. The number of nitro groups is 1. The predicted octanol–water partition coefficient (Wildman–Crippen LogP) is 2.83. The molecular weight excluding hydrogens is 354 g/mol. The summed E-state index contributed by atoms with van der Waals surface area (Å²) in [6.45, 7) is 4.43. The summed E-state index contributed by atoms with van der Waals surface area (Å²) >= 11 is 1.64. The second kappa shape index (κ2) is 7.44. The van der Waals surface area contributed by atoms with Crippen LogP contribution in [-0.2, 0) is 6.42 Å². The van der Waals surface area contributed by atoms with Gasteiger partial charge in [0.2, 0.25) is 0 Å². The fourth-order valence-corrected chi connectivity index (χ4v) is 3.44. The van der Waals surface area contributed by atoms with Crippen LogP contribution in [0.1, 0.15) is 26.1 Å². The van der Waals surface area contributed by atoms with Crippen molar-refractivity contribution in [2.24, 2.45) is 0 Å². The quantitative estimate of drug-likeness (QED) is 0.530. The molecule has 0 fully saturated rings. The molecule has 1 N–H and O–H groups in total. The van der Waals surface area contributed by atoms with Crippen LogP contribution in [0.5, 0.6) is 0 Å². The summed E-state index contributed by atoms with van der Waals surface area (Å²) in [6.07, 6.45) is 2.37. The third kappa shape index (κ3) is 3.94. The maximum atomic E-state index is 12.2. The van der Waals surface area contributed by atoms with Crippen molar-refractivity contribution in [1.29, 1.82) is 0 Å². The van der Waals surface area contributed by atoms with Crippen LogP contribution in [0.4, 0.5) is 5.69 Å². The standard InChI is InChI=1S/C17H17N5O3S/c1-11-16(26-12(2)19-11)7-9-18-17(23)15-8-10-21(20-15)13-3-5-14(6-4-13)22(24)25/h3-6,8,10H,7,9H2,1-2H3,(H,18,23). The SMILES string of the molecule is Cc1nc(C)c(CCNC(=O)c2ccn(-c3ccc([N+](=O)[O-])cc3)n2)s1. The van der Waals surface area contributed by atoms with E-state index in [4.69, 9.17) is 0 Å². The van der Waals surface area contributed by atoms with Crippen LogP contribution in [0.25, 0.3) is 5.69 Å². The van der Waals surface area contributed by atoms with Crippen LogP contribution in [0.2, 0.25) is 0 Å². The van der Waals surface area contributed by atoms with Gasteiger partial charge in [-0.2, -0.15) is 5.10 Å². The third-order valence-corrected chi connectivity index (χ3v) is 4.92. The van der Waals surface area contributed by atoms with Crippen molar-refractivity contribution in [1.82, 2.24) is 20.1 Å². The lowest BCUT2D eigenvalue weighted by atomic mass is 10.3. The second-order valence-corrected chi connectivity index (χ2v) is 6.95. The first kappa shape index (κ1) is 17.7. The average Bonchev–Trinajstić information content (AvgIpc) is 3.22. The van der Waals surface area contributed by atoms with Crippen LogP contribution in [-0.4, -0.2) is 32.1 Å². The number of rotatable bonds is 6. The van der Waals surface area contributed by atoms with Crippen molar-refractivity contribution in [3.63, 3.8) is 0 Å². The molecule has 0 aliphatic rings. The maximum Gasteiger partial charge on any atom is 0.271 e. The third-order valence-electron chi connectivity index (χ3n) is 3.78. The molecule has 0 unspecified atom stereocenters. The van der Waals surface area contributed by atoms with Gasteiger partial charge < -0.3 is 5.32 Å². The Kier molecular flexibility index (Phi) is 5.08. The first-order valence-corrected chi connectivity index (χ1v) is 8.77. The molecule has 2 aromatic heterocycles. The van der Waals surface area contributed by atoms with E-state index in [9.17, 15) is 14.9 Å². The number of thiazole rings is 1. The maximum absolute atomic E-state index is 12.2. The van der Waals surface area contributed by atoms with E-state index in [1.807, 2.05) is 13.8 Å². The minimum Gasteiger partial charge on any atom is -0.350 e. The van der Waals surface area contributed by atoms with Gasteiger partial charge in [0, 0.05) is 36.2 Å². The molecule has 0 aliphatic heterocycles. The van der Waals surface area contributed by atoms with Gasteiger partial charge in [-0.1, -0.05) is 0 Å². The largest absolute Gasteiger partial charge is 0.350 e. The molecule has 1 amide bonds. The summed E-state index contributed by atoms with van der Waals surface area (Å²) in [7, 11) is 0. The zero-order valence-electron chi connectivity index (χ0n) is 14.3. The molecule has 3 aromatic rings. The summed E-state index contributed by atoms with van der Waals surface area (Å²) in [4.78, 5) is 28.0. The predicted molar refractivity (Wildman–Crippen MR) is 97.8 cm³/mol. The van der Waals surface area contributed by atoms with Crippen LogP contribution in [0.3, 0.4) is 0 Å². The molecule has 0 bridgehead atoms. The highest BCUT2D eigenvalue weighted by Gasteiger charge is 2.12. The summed E-state index contributed by atoms with van der Waals surface area (Å²) in [5, 5.41) is 18.8. The number of hydrogen-bond acceptors (Lipinski definition) is 6. The Morgan fingerprint density at radius 1 is 1.27 bits per heavy atom. The Labute approximate surface area is 153 Å². The zero-order valence-corrected chi connectivity index (χ0v) is 15.1. The van der Waals surface area contributed by atoms with Gasteiger partial charge in [-0.25, -0.2) is 9.67 Å². The van der Waals surface area contributed by atoms with Crippen molar-refractivity contribution in [3.8, 4) is 5.69 Å². The van der Waals surface area contributed by atoms with E-state index < -0.39 is 4.92 Å². The zero-order chi connectivity index (χ0) is 18.7. The monoisotopic (exact) mass is 371 g/mol. The molecule has 3 rings (SSSR count). The first-order chi connectivity index (χ1) is 12.4. The second-order valence-electron chi connectivity index (χ2n) is 5.67. The summed E-state index contributed by atoms with van der Waals surface area (Å²) in [5.41, 5.74) is 1.95. The number of carbonyl (C=O) groups excluding carboxylic acids is 1. The molecule has 8 nitrogen and oxygen atoms in total. The van der Waals surface area contributed by atoms with Gasteiger partial charge >= 0.3 is 0 Å². The topological polar surface area (TPSA) is 103 Å². The van der Waals surface area contributed by atoms with Gasteiger partial charge in [0.25, 0.3) is 11.6 Å². The molecule has 26 heavy (non-hydrogen) atoms. The molecule has 0 saturated heterocycles. The van der Waals surface area contributed by atoms with Crippen molar-refractivity contribution in [2.75, 3.05) is 6.54 Å². The Hall–Kier alpha value is -3.07. The molecule has 0 saturated carbocycles. The highest BCUT2D eigenvalue weighted by molar-refractivity contribution is 7.11. The number of non-ortho nitro benzene ring substituents is 1. The van der Waals surface area contributed by atoms with Crippen molar-refractivity contribution in [3.05, 3.63) is 67.9 Å². The summed E-state index contributed by atoms with van der Waals surface area (Å²) < 4.78 is 1.51. The molecule has 1 aromatic carbocycles. The number of benzene rings is 1. The van der Waals surface area contributed by atoms with Crippen LogP contribution < -0.4 is 5.32 Å². The van der Waals surface area contributed by atoms with Crippen molar-refractivity contribution < 1.29 is 9.72 Å². The van der Waals surface area contributed by atoms with Gasteiger partial charge in [-0.3, -0.25) is 14.9 Å². The van der Waals surface area contributed by atoms with Crippen LogP contribution in [0, 0.1) is 24.0 Å². The molecule has 9 heteroatoms. The fourth-order valence-electron chi connectivity index (χ4n) is 2.50. The van der Waals surface area contributed by atoms with Gasteiger partial charge in [0.1, 0.15) is 0 Å². The molecule has 2 heterocycles.